The van der Waals surface area contributed by atoms with Crippen LogP contribution < -0.4 is 31.9 Å². The van der Waals surface area contributed by atoms with Crippen LogP contribution in [0.3, 0.4) is 0 Å². The molecule has 0 aliphatic heterocycles. The van der Waals surface area contributed by atoms with Crippen molar-refractivity contribution in [3.05, 3.63) is 0 Å². The molecule has 0 saturated heterocycles. The van der Waals surface area contributed by atoms with Gasteiger partial charge in [0.25, 0.3) is 0 Å². The molecule has 0 unspecified atom stereocenters. The fourth-order valence-corrected chi connectivity index (χ4v) is 3.80. The Hall–Kier alpha value is -3.87. The number of hydrogen-bond donors (Lipinski definition) is 10. The molecule has 0 saturated carbocycles. The second-order valence-electron chi connectivity index (χ2n) is 9.78. The van der Waals surface area contributed by atoms with Crippen LogP contribution in [-0.4, -0.2) is 112 Å². The number of Topliss-reactive ketones (excluding diaryl/α,β-unsaturated/α-hetero) is 1. The normalized spacial score (nSPS) is 13.3. The smallest absolute Gasteiger partial charge is 0.303 e. The van der Waals surface area contributed by atoms with Gasteiger partial charge in [0, 0.05) is 37.2 Å². The number of carboxylic acids is 2. The van der Waals surface area contributed by atoms with Gasteiger partial charge in [-0.25, -0.2) is 0 Å². The van der Waals surface area contributed by atoms with E-state index in [9.17, 15) is 43.2 Å². The minimum Gasteiger partial charge on any atom is -0.481 e. The third-order valence-electron chi connectivity index (χ3n) is 5.77. The van der Waals surface area contributed by atoms with Gasteiger partial charge in [0.05, 0.1) is 13.1 Å². The van der Waals surface area contributed by atoms with Crippen LogP contribution in [0, 0.1) is 5.92 Å². The van der Waals surface area contributed by atoms with Gasteiger partial charge in [-0.15, -0.1) is 0 Å². The van der Waals surface area contributed by atoms with Gasteiger partial charge in [0.1, 0.15) is 24.2 Å². The number of carbonyl (C=O) groups excluding carboxylic acids is 7. The molecule has 0 aromatic carbocycles. The van der Waals surface area contributed by atoms with Crippen molar-refractivity contribution in [2.75, 3.05) is 24.6 Å². The van der Waals surface area contributed by atoms with E-state index in [0.29, 0.717) is 0 Å². The lowest BCUT2D eigenvalue weighted by atomic mass is 10.1. The molecular formula is C25H40N6O11S2. The van der Waals surface area contributed by atoms with E-state index >= 15 is 0 Å². The summed E-state index contributed by atoms with van der Waals surface area (Å²) < 4.78 is 0. The van der Waals surface area contributed by atoms with Crippen LogP contribution >= 0.6 is 25.3 Å². The Bertz CT molecular complexity index is 1090. The zero-order valence-electron chi connectivity index (χ0n) is 24.5. The minimum absolute atomic E-state index is 0.227. The molecule has 0 fully saturated rings. The van der Waals surface area contributed by atoms with E-state index in [1.54, 1.807) is 13.8 Å². The van der Waals surface area contributed by atoms with Crippen molar-refractivity contribution in [2.24, 2.45) is 5.92 Å². The molecule has 0 aromatic heterocycles. The van der Waals surface area contributed by atoms with E-state index in [2.05, 4.69) is 57.2 Å². The molecule has 0 aliphatic carbocycles. The summed E-state index contributed by atoms with van der Waals surface area (Å²) in [6.07, 6.45) is -1.46. The highest BCUT2D eigenvalue weighted by Crippen LogP contribution is 2.02. The van der Waals surface area contributed by atoms with Crippen LogP contribution in [0.1, 0.15) is 46.5 Å². The molecule has 248 valence electrons. The van der Waals surface area contributed by atoms with Crippen LogP contribution in [0.25, 0.3) is 0 Å². The number of amides is 6. The van der Waals surface area contributed by atoms with E-state index < -0.39 is 90.9 Å². The molecule has 0 aromatic rings. The Kier molecular flexibility index (Phi) is 19.1. The minimum atomic E-state index is -1.34. The lowest BCUT2D eigenvalue weighted by molar-refractivity contribution is -0.139. The van der Waals surface area contributed by atoms with Gasteiger partial charge in [-0.3, -0.25) is 43.2 Å². The Balaban J connectivity index is 5.21. The zero-order chi connectivity index (χ0) is 34.0. The van der Waals surface area contributed by atoms with Gasteiger partial charge in [-0.1, -0.05) is 13.8 Å². The van der Waals surface area contributed by atoms with Crippen LogP contribution in [-0.2, 0) is 43.2 Å². The maximum Gasteiger partial charge on any atom is 0.303 e. The quantitative estimate of drug-likeness (QED) is 0.0552. The lowest BCUT2D eigenvalue weighted by Crippen LogP contribution is -2.57. The average molecular weight is 665 g/mol. The standard InChI is InChI=1S/C25H40N6O11S2/c1-12(2)18(33)8-26-22(39)14(4-6-20(35)36)30-25(42)17(11-44)29-19(34)9-27-23(40)16(10-43)31-24(41)15(28-13(3)32)5-7-21(37)38/h12,14-17,43-44H,4-11H2,1-3H3,(H,26,39)(H,27,40)(H,28,32)(H,29,34)(H,30,42)(H,31,41)(H,35,36)(H,37,38)/t14-,15-,16-,17-/m0/s1. The molecule has 4 atom stereocenters. The number of nitrogens with one attached hydrogen (secondary N) is 6. The Morgan fingerprint density at radius 1 is 0.591 bits per heavy atom. The van der Waals surface area contributed by atoms with Gasteiger partial charge in [0.2, 0.25) is 35.4 Å². The molecule has 0 spiro atoms. The third-order valence-corrected chi connectivity index (χ3v) is 6.50. The number of carboxylic acid groups (broad SMARTS) is 2. The predicted octanol–water partition coefficient (Wildman–Crippen LogP) is -3.01. The van der Waals surface area contributed by atoms with Crippen LogP contribution in [0.4, 0.5) is 0 Å². The van der Waals surface area contributed by atoms with Crippen molar-refractivity contribution in [2.45, 2.75) is 70.6 Å². The van der Waals surface area contributed by atoms with E-state index in [0.717, 1.165) is 6.92 Å². The predicted molar refractivity (Wildman–Crippen MR) is 161 cm³/mol. The van der Waals surface area contributed by atoms with E-state index in [1.807, 2.05) is 0 Å². The molecule has 6 amide bonds. The fourth-order valence-electron chi connectivity index (χ4n) is 3.29. The highest BCUT2D eigenvalue weighted by molar-refractivity contribution is 7.80. The second kappa shape index (κ2) is 20.9. The summed E-state index contributed by atoms with van der Waals surface area (Å²) in [5, 5.41) is 31.7. The van der Waals surface area contributed by atoms with Crippen molar-refractivity contribution in [1.82, 2.24) is 31.9 Å². The van der Waals surface area contributed by atoms with E-state index in [-0.39, 0.29) is 42.6 Å². The SMILES string of the molecule is CC(=O)N[C@@H](CCC(=O)O)C(=O)N[C@@H](CS)C(=O)NCC(=O)N[C@@H](CS)C(=O)N[C@@H](CCC(=O)O)C(=O)NCC(=O)C(C)C. The first-order valence-electron chi connectivity index (χ1n) is 13.4. The molecule has 0 radical (unpaired) electrons. The Morgan fingerprint density at radius 3 is 1.45 bits per heavy atom. The summed E-state index contributed by atoms with van der Waals surface area (Å²) in [4.78, 5) is 108. The van der Waals surface area contributed by atoms with Gasteiger partial charge in [-0.05, 0) is 12.8 Å². The van der Waals surface area contributed by atoms with Crippen molar-refractivity contribution < 1.29 is 53.4 Å². The summed E-state index contributed by atoms with van der Waals surface area (Å²) in [6.45, 7) is 3.40. The van der Waals surface area contributed by atoms with Crippen molar-refractivity contribution in [3.63, 3.8) is 0 Å². The highest BCUT2D eigenvalue weighted by atomic mass is 32.1. The second-order valence-corrected chi connectivity index (χ2v) is 10.5. The monoisotopic (exact) mass is 664 g/mol. The zero-order valence-corrected chi connectivity index (χ0v) is 26.3. The van der Waals surface area contributed by atoms with Gasteiger partial charge in [-0.2, -0.15) is 25.3 Å². The Labute approximate surface area is 264 Å². The van der Waals surface area contributed by atoms with Gasteiger partial charge in [0.15, 0.2) is 5.78 Å². The van der Waals surface area contributed by atoms with E-state index in [4.69, 9.17) is 10.2 Å². The summed E-state index contributed by atoms with van der Waals surface area (Å²) in [5.41, 5.74) is 0. The molecular weight excluding hydrogens is 624 g/mol. The largest absolute Gasteiger partial charge is 0.481 e. The first-order chi connectivity index (χ1) is 20.5. The summed E-state index contributed by atoms with van der Waals surface area (Å²) in [6, 6.07) is -5.17. The first-order valence-corrected chi connectivity index (χ1v) is 14.7. The fraction of sp³-hybridized carbons (Fsp3) is 0.640. The average Bonchev–Trinajstić information content (AvgIpc) is 2.95. The molecule has 19 heteroatoms. The molecule has 17 nitrogen and oxygen atoms in total. The molecule has 0 rings (SSSR count). The number of carbonyl (C=O) groups is 9. The summed E-state index contributed by atoms with van der Waals surface area (Å²) in [5.74, 6) is -8.39. The van der Waals surface area contributed by atoms with Crippen LogP contribution in [0.15, 0.2) is 0 Å². The topological polar surface area (TPSA) is 266 Å². The van der Waals surface area contributed by atoms with Crippen molar-refractivity contribution >= 4 is 78.4 Å². The number of hydrogen-bond acceptors (Lipinski definition) is 11. The molecule has 0 heterocycles. The molecule has 0 aliphatic rings. The lowest BCUT2D eigenvalue weighted by Gasteiger charge is -2.23. The van der Waals surface area contributed by atoms with Gasteiger partial charge >= 0.3 is 11.9 Å². The van der Waals surface area contributed by atoms with Crippen LogP contribution in [0.5, 0.6) is 0 Å². The highest BCUT2D eigenvalue weighted by Gasteiger charge is 2.29. The molecule has 44 heavy (non-hydrogen) atoms. The molecule has 8 N–H and O–H groups in total. The van der Waals surface area contributed by atoms with Crippen molar-refractivity contribution in [1.29, 1.82) is 0 Å². The number of aliphatic carboxylic acids is 2. The van der Waals surface area contributed by atoms with Gasteiger partial charge < -0.3 is 42.1 Å². The maximum atomic E-state index is 12.8. The van der Waals surface area contributed by atoms with E-state index in [1.165, 1.54) is 0 Å². The van der Waals surface area contributed by atoms with Crippen molar-refractivity contribution in [3.8, 4) is 0 Å². The third kappa shape index (κ3) is 16.7. The Morgan fingerprint density at radius 2 is 1.00 bits per heavy atom. The number of rotatable bonds is 21. The first kappa shape index (κ1) is 40.1. The molecule has 0 bridgehead atoms. The number of ketones is 1. The maximum absolute atomic E-state index is 12.8. The summed E-state index contributed by atoms with van der Waals surface area (Å²) in [7, 11) is 0. The summed E-state index contributed by atoms with van der Waals surface area (Å²) >= 11 is 8.02. The van der Waals surface area contributed by atoms with Crippen LogP contribution in [0.2, 0.25) is 0 Å². The number of thiol groups is 2.